The van der Waals surface area contributed by atoms with E-state index < -0.39 is 0 Å². The van der Waals surface area contributed by atoms with E-state index in [0.717, 1.165) is 40.9 Å². The Hall–Kier alpha value is -2.99. The van der Waals surface area contributed by atoms with E-state index in [0.29, 0.717) is 11.5 Å². The van der Waals surface area contributed by atoms with Crippen molar-refractivity contribution in [2.75, 3.05) is 18.1 Å². The van der Waals surface area contributed by atoms with E-state index >= 15 is 0 Å². The third kappa shape index (κ3) is 3.66. The molecule has 5 rings (SSSR count). The molecule has 33 heavy (non-hydrogen) atoms. The van der Waals surface area contributed by atoms with Crippen LogP contribution in [0.1, 0.15) is 44.2 Å². The van der Waals surface area contributed by atoms with E-state index in [2.05, 4.69) is 78.6 Å². The maximum absolute atomic E-state index is 13.5. The molecule has 5 nitrogen and oxygen atoms in total. The van der Waals surface area contributed by atoms with E-state index in [-0.39, 0.29) is 24.3 Å². The van der Waals surface area contributed by atoms with Crippen LogP contribution in [0, 0.1) is 5.92 Å². The molecule has 3 aromatic rings. The lowest BCUT2D eigenvalue weighted by Gasteiger charge is -2.19. The van der Waals surface area contributed by atoms with Crippen LogP contribution in [0.3, 0.4) is 0 Å². The largest absolute Gasteiger partial charge is 0.356 e. The minimum atomic E-state index is -0.230. The molecule has 2 aliphatic rings. The first-order chi connectivity index (χ1) is 15.9. The average molecular weight is 460 g/mol. The quantitative estimate of drug-likeness (QED) is 0.504. The third-order valence-electron chi connectivity index (χ3n) is 6.71. The predicted octanol–water partition coefficient (Wildman–Crippen LogP) is 5.61. The first kappa shape index (κ1) is 21.8. The van der Waals surface area contributed by atoms with Gasteiger partial charge in [0.15, 0.2) is 0 Å². The molecule has 0 aliphatic carbocycles. The monoisotopic (exact) mass is 459 g/mol. The molecule has 6 heteroatoms. The summed E-state index contributed by atoms with van der Waals surface area (Å²) in [5.41, 5.74) is 5.88. The topological polar surface area (TPSA) is 54.3 Å². The second-order valence-electron chi connectivity index (χ2n) is 9.29. The van der Waals surface area contributed by atoms with Crippen LogP contribution in [0.5, 0.6) is 0 Å². The summed E-state index contributed by atoms with van der Waals surface area (Å²) in [5.74, 6) is -0.0457. The van der Waals surface area contributed by atoms with Gasteiger partial charge in [0.1, 0.15) is 0 Å². The number of nitrogens with one attached hydrogen (secondary N) is 1. The van der Waals surface area contributed by atoms with Gasteiger partial charge in [0.25, 0.3) is 5.91 Å². The van der Waals surface area contributed by atoms with Gasteiger partial charge in [-0.25, -0.2) is 0 Å². The number of imide groups is 1. The number of nitrogens with zero attached hydrogens (tertiary/aromatic N) is 2. The Balaban J connectivity index is 1.73. The van der Waals surface area contributed by atoms with Crippen molar-refractivity contribution < 1.29 is 9.59 Å². The molecule has 2 aliphatic heterocycles. The summed E-state index contributed by atoms with van der Waals surface area (Å²) in [4.78, 5) is 28.3. The minimum absolute atomic E-state index is 0.195. The standard InChI is InChI=1S/C27H29N3O2S/c1-16(2)12-13-29-14-20-24(18-8-10-19(33-4)11-9-18)26-22(15-30(17(3)31)27(26)32)28-21-6-5-7-23(29)25(20)21/h5-11,14,16,24,28H,12-13,15H2,1-4H3. The molecule has 0 fully saturated rings. The fraction of sp³-hybridized carbons (Fsp3) is 0.333. The average Bonchev–Trinajstić information content (AvgIpc) is 3.28. The van der Waals surface area contributed by atoms with Gasteiger partial charge >= 0.3 is 0 Å². The van der Waals surface area contributed by atoms with Crippen molar-refractivity contribution in [3.8, 4) is 0 Å². The molecule has 2 aromatic carbocycles. The van der Waals surface area contributed by atoms with Crippen molar-refractivity contribution >= 4 is 40.2 Å². The highest BCUT2D eigenvalue weighted by Gasteiger charge is 2.41. The van der Waals surface area contributed by atoms with Gasteiger partial charge in [-0.3, -0.25) is 14.5 Å². The molecule has 0 saturated heterocycles. The van der Waals surface area contributed by atoms with Gasteiger partial charge in [0.2, 0.25) is 5.91 Å². The van der Waals surface area contributed by atoms with Gasteiger partial charge in [-0.1, -0.05) is 32.0 Å². The minimum Gasteiger partial charge on any atom is -0.356 e. The Kier molecular flexibility index (Phi) is 5.57. The van der Waals surface area contributed by atoms with E-state index in [1.165, 1.54) is 22.2 Å². The van der Waals surface area contributed by atoms with E-state index in [1.54, 1.807) is 11.8 Å². The summed E-state index contributed by atoms with van der Waals surface area (Å²) in [7, 11) is 0. The van der Waals surface area contributed by atoms with Crippen LogP contribution >= 0.6 is 11.8 Å². The summed E-state index contributed by atoms with van der Waals surface area (Å²) in [5, 5.41) is 4.71. The van der Waals surface area contributed by atoms with E-state index in [4.69, 9.17) is 0 Å². The smallest absolute Gasteiger partial charge is 0.259 e. The highest BCUT2D eigenvalue weighted by Crippen LogP contribution is 2.46. The summed E-state index contributed by atoms with van der Waals surface area (Å²) in [6, 6.07) is 14.8. The molecule has 0 saturated carbocycles. The molecule has 1 aromatic heterocycles. The fourth-order valence-corrected chi connectivity index (χ4v) is 5.41. The van der Waals surface area contributed by atoms with Crippen molar-refractivity contribution in [3.63, 3.8) is 0 Å². The number of rotatable bonds is 5. The first-order valence-corrected chi connectivity index (χ1v) is 12.7. The highest BCUT2D eigenvalue weighted by atomic mass is 32.2. The van der Waals surface area contributed by atoms with Crippen molar-refractivity contribution in [3.05, 3.63) is 71.1 Å². The number of anilines is 1. The van der Waals surface area contributed by atoms with Gasteiger partial charge in [-0.2, -0.15) is 0 Å². The Labute approximate surface area is 198 Å². The normalized spacial score (nSPS) is 17.5. The van der Waals surface area contributed by atoms with E-state index in [1.807, 2.05) is 0 Å². The second kappa shape index (κ2) is 8.41. The Morgan fingerprint density at radius 3 is 2.61 bits per heavy atom. The lowest BCUT2D eigenvalue weighted by atomic mass is 9.84. The summed E-state index contributed by atoms with van der Waals surface area (Å²) >= 11 is 1.70. The predicted molar refractivity (Wildman–Crippen MR) is 135 cm³/mol. The molecule has 1 atom stereocenters. The Morgan fingerprint density at radius 2 is 1.94 bits per heavy atom. The molecule has 1 unspecified atom stereocenters. The maximum Gasteiger partial charge on any atom is 0.259 e. The fourth-order valence-electron chi connectivity index (χ4n) is 5.00. The number of thioether (sulfide) groups is 1. The van der Waals surface area contributed by atoms with Gasteiger partial charge < -0.3 is 9.88 Å². The molecule has 2 amide bonds. The number of aromatic nitrogens is 1. The SMILES string of the molecule is CSc1ccc(C2C3=C(CN(C(C)=O)C3=O)Nc3cccc4c3c2cn4CCC(C)C)cc1. The Bertz CT molecular complexity index is 1290. The molecular formula is C27H29N3O2S. The summed E-state index contributed by atoms with van der Waals surface area (Å²) in [6.07, 6.45) is 5.37. The number of aryl methyl sites for hydroxylation is 1. The van der Waals surface area contributed by atoms with Gasteiger partial charge in [-0.05, 0) is 54.0 Å². The van der Waals surface area contributed by atoms with Gasteiger partial charge in [-0.15, -0.1) is 11.8 Å². The molecule has 0 bridgehead atoms. The van der Waals surface area contributed by atoms with E-state index in [9.17, 15) is 9.59 Å². The molecule has 0 spiro atoms. The Morgan fingerprint density at radius 1 is 1.18 bits per heavy atom. The van der Waals surface area contributed by atoms with Crippen LogP contribution in [-0.2, 0) is 16.1 Å². The van der Waals surface area contributed by atoms with Crippen LogP contribution in [0.2, 0.25) is 0 Å². The van der Waals surface area contributed by atoms with Crippen LogP contribution in [0.4, 0.5) is 5.69 Å². The number of hydrogen-bond acceptors (Lipinski definition) is 4. The highest BCUT2D eigenvalue weighted by molar-refractivity contribution is 7.98. The third-order valence-corrected chi connectivity index (χ3v) is 7.46. The second-order valence-corrected chi connectivity index (χ2v) is 10.2. The lowest BCUT2D eigenvalue weighted by Crippen LogP contribution is -2.33. The van der Waals surface area contributed by atoms with Crippen LogP contribution in [0.25, 0.3) is 10.9 Å². The molecule has 170 valence electrons. The van der Waals surface area contributed by atoms with Crippen molar-refractivity contribution in [1.29, 1.82) is 0 Å². The number of benzene rings is 2. The molecule has 1 N–H and O–H groups in total. The maximum atomic E-state index is 13.5. The number of hydrogen-bond donors (Lipinski definition) is 1. The first-order valence-electron chi connectivity index (χ1n) is 11.5. The van der Waals surface area contributed by atoms with Crippen LogP contribution in [0.15, 0.2) is 64.8 Å². The van der Waals surface area contributed by atoms with Gasteiger partial charge in [0.05, 0.1) is 17.6 Å². The zero-order valence-electron chi connectivity index (χ0n) is 19.5. The van der Waals surface area contributed by atoms with Crippen molar-refractivity contribution in [2.45, 2.75) is 44.6 Å². The number of carbonyl (C=O) groups is 2. The lowest BCUT2D eigenvalue weighted by molar-refractivity contribution is -0.139. The van der Waals surface area contributed by atoms with Crippen LogP contribution in [-0.4, -0.2) is 34.1 Å². The summed E-state index contributed by atoms with van der Waals surface area (Å²) < 4.78 is 2.33. The summed E-state index contributed by atoms with van der Waals surface area (Å²) in [6.45, 7) is 7.15. The molecule has 0 radical (unpaired) electrons. The van der Waals surface area contributed by atoms with Gasteiger partial charge in [0, 0.05) is 47.2 Å². The number of carbonyl (C=O) groups excluding carboxylic acids is 2. The molecular weight excluding hydrogens is 430 g/mol. The zero-order chi connectivity index (χ0) is 23.3. The van der Waals surface area contributed by atoms with Crippen LogP contribution < -0.4 is 5.32 Å². The molecule has 3 heterocycles. The van der Waals surface area contributed by atoms with Crippen molar-refractivity contribution in [1.82, 2.24) is 9.47 Å². The zero-order valence-corrected chi connectivity index (χ0v) is 20.3. The number of amides is 2. The van der Waals surface area contributed by atoms with Crippen molar-refractivity contribution in [2.24, 2.45) is 5.92 Å².